The lowest BCUT2D eigenvalue weighted by Crippen LogP contribution is -2.70. The smallest absolute Gasteiger partial charge is 0.306 e. The topological polar surface area (TPSA) is 107 Å². The Kier molecular flexibility index (Phi) is 6.79. The minimum atomic E-state index is -2.30. The predicted molar refractivity (Wildman–Crippen MR) is 128 cm³/mol. The molecule has 0 unspecified atom stereocenters. The SMILES string of the molecule is CCC(=O)OCC(=O)[C@]1(OC(=O)CC)[C@H](C)C[C@H]2[C@@H]3CCC4=C(F)C(=O)C=C[C@]4(C)[C@@]3(F)[C@@H](O)C[C@@]21C. The zero-order valence-electron chi connectivity index (χ0n) is 22.1. The summed E-state index contributed by atoms with van der Waals surface area (Å²) >= 11 is 0. The fraction of sp³-hybridized carbons (Fsp3) is 0.714. The molecule has 0 bridgehead atoms. The Bertz CT molecular complexity index is 1100. The number of esters is 2. The summed E-state index contributed by atoms with van der Waals surface area (Å²) in [4.78, 5) is 50.3. The molecule has 204 valence electrons. The molecule has 0 aromatic heterocycles. The van der Waals surface area contributed by atoms with E-state index in [-0.39, 0.29) is 37.7 Å². The highest BCUT2D eigenvalue weighted by molar-refractivity contribution is 6.04. The summed E-state index contributed by atoms with van der Waals surface area (Å²) in [6.07, 6.45) is 1.21. The molecule has 0 radical (unpaired) electrons. The maximum atomic E-state index is 17.4. The van der Waals surface area contributed by atoms with Crippen LogP contribution in [0.2, 0.25) is 0 Å². The number of alkyl halides is 1. The van der Waals surface area contributed by atoms with Crippen LogP contribution in [0, 0.1) is 28.6 Å². The van der Waals surface area contributed by atoms with E-state index in [9.17, 15) is 28.7 Å². The van der Waals surface area contributed by atoms with Crippen LogP contribution < -0.4 is 0 Å². The summed E-state index contributed by atoms with van der Waals surface area (Å²) in [6.45, 7) is 7.60. The van der Waals surface area contributed by atoms with E-state index < -0.39 is 81.9 Å². The quantitative estimate of drug-likeness (QED) is 0.523. The Labute approximate surface area is 215 Å². The van der Waals surface area contributed by atoms with Crippen molar-refractivity contribution in [3.63, 3.8) is 0 Å². The number of fused-ring (bicyclic) bond motifs is 5. The number of aliphatic hydroxyl groups is 1. The summed E-state index contributed by atoms with van der Waals surface area (Å²) in [5.74, 6) is -5.42. The van der Waals surface area contributed by atoms with Crippen LogP contribution in [0.1, 0.15) is 73.1 Å². The van der Waals surface area contributed by atoms with Crippen molar-refractivity contribution in [1.29, 1.82) is 0 Å². The van der Waals surface area contributed by atoms with Crippen LogP contribution in [0.3, 0.4) is 0 Å². The fourth-order valence-corrected chi connectivity index (χ4v) is 8.08. The molecule has 4 aliphatic rings. The van der Waals surface area contributed by atoms with Crippen molar-refractivity contribution in [2.45, 2.75) is 90.5 Å². The molecule has 0 saturated heterocycles. The lowest BCUT2D eigenvalue weighted by Gasteiger charge is -2.62. The van der Waals surface area contributed by atoms with Crippen LogP contribution in [-0.4, -0.2) is 52.6 Å². The summed E-state index contributed by atoms with van der Waals surface area (Å²) in [5, 5.41) is 11.5. The molecule has 3 saturated carbocycles. The largest absolute Gasteiger partial charge is 0.457 e. The maximum Gasteiger partial charge on any atom is 0.306 e. The summed E-state index contributed by atoms with van der Waals surface area (Å²) in [5.41, 5.74) is -6.69. The molecule has 0 spiro atoms. The third-order valence-corrected chi connectivity index (χ3v) is 9.90. The van der Waals surface area contributed by atoms with Crippen LogP contribution >= 0.6 is 0 Å². The lowest BCUT2D eigenvalue weighted by atomic mass is 9.44. The first kappa shape index (κ1) is 27.6. The second-order valence-electron chi connectivity index (χ2n) is 11.5. The van der Waals surface area contributed by atoms with Gasteiger partial charge in [-0.2, -0.15) is 0 Å². The number of hydrogen-bond acceptors (Lipinski definition) is 7. The first-order valence-electron chi connectivity index (χ1n) is 13.1. The van der Waals surface area contributed by atoms with E-state index in [2.05, 4.69) is 0 Å². The van der Waals surface area contributed by atoms with Gasteiger partial charge in [0.15, 0.2) is 23.7 Å². The molecule has 37 heavy (non-hydrogen) atoms. The maximum absolute atomic E-state index is 17.4. The van der Waals surface area contributed by atoms with E-state index in [1.807, 2.05) is 0 Å². The highest BCUT2D eigenvalue weighted by Crippen LogP contribution is 2.71. The van der Waals surface area contributed by atoms with Crippen LogP contribution in [0.5, 0.6) is 0 Å². The van der Waals surface area contributed by atoms with Crippen molar-refractivity contribution in [3.8, 4) is 0 Å². The standard InChI is InChI=1S/C28H36F2O7/c1-6-22(34)36-14-21(33)28(37-23(35)7-2)15(3)12-18-16-8-9-17-24(29)19(31)10-11-25(17,4)27(16,30)20(32)13-26(18,28)5/h10-11,15-16,18,20,32H,6-9,12-14H2,1-5H3/t15-,16+,18+,20+,25+,26+,27+,28-/m1/s1. The number of hydrogen-bond donors (Lipinski definition) is 1. The highest BCUT2D eigenvalue weighted by Gasteiger charge is 2.77. The minimum Gasteiger partial charge on any atom is -0.457 e. The Morgan fingerprint density at radius 1 is 1.14 bits per heavy atom. The van der Waals surface area contributed by atoms with E-state index in [1.54, 1.807) is 27.7 Å². The predicted octanol–water partition coefficient (Wildman–Crippen LogP) is 4.11. The van der Waals surface area contributed by atoms with E-state index in [0.29, 0.717) is 6.42 Å². The van der Waals surface area contributed by atoms with E-state index in [1.165, 1.54) is 13.0 Å². The van der Waals surface area contributed by atoms with Gasteiger partial charge in [0, 0.05) is 35.5 Å². The lowest BCUT2D eigenvalue weighted by molar-refractivity contribution is -0.228. The van der Waals surface area contributed by atoms with Crippen LogP contribution in [-0.2, 0) is 28.7 Å². The number of aliphatic hydroxyl groups excluding tert-OH is 1. The van der Waals surface area contributed by atoms with Crippen molar-refractivity contribution in [1.82, 2.24) is 0 Å². The first-order chi connectivity index (χ1) is 17.2. The zero-order valence-corrected chi connectivity index (χ0v) is 22.1. The number of rotatable bonds is 6. The zero-order chi connectivity index (χ0) is 27.6. The van der Waals surface area contributed by atoms with Gasteiger partial charge in [-0.05, 0) is 50.2 Å². The molecule has 8 atom stereocenters. The number of carbonyl (C=O) groups excluding carboxylic acids is 4. The van der Waals surface area contributed by atoms with Crippen molar-refractivity contribution in [2.75, 3.05) is 6.61 Å². The third kappa shape index (κ3) is 3.52. The molecule has 3 fully saturated rings. The Balaban J connectivity index is 1.82. The summed E-state index contributed by atoms with van der Waals surface area (Å²) < 4.78 is 43.3. The van der Waals surface area contributed by atoms with Gasteiger partial charge in [0.05, 0.1) is 6.10 Å². The molecule has 0 aromatic rings. The molecular formula is C28H36F2O7. The minimum absolute atomic E-state index is 0.000596. The van der Waals surface area contributed by atoms with Gasteiger partial charge in [-0.25, -0.2) is 8.78 Å². The van der Waals surface area contributed by atoms with Gasteiger partial charge in [0.25, 0.3) is 0 Å². The molecule has 0 aliphatic heterocycles. The van der Waals surface area contributed by atoms with Gasteiger partial charge in [-0.1, -0.05) is 33.8 Å². The van der Waals surface area contributed by atoms with Crippen LogP contribution in [0.15, 0.2) is 23.6 Å². The molecule has 0 amide bonds. The second kappa shape index (κ2) is 9.10. The van der Waals surface area contributed by atoms with Gasteiger partial charge >= 0.3 is 11.9 Å². The molecule has 9 heteroatoms. The Morgan fingerprint density at radius 3 is 2.41 bits per heavy atom. The normalized spacial score (nSPS) is 42.5. The number of carbonyl (C=O) groups is 4. The van der Waals surface area contributed by atoms with Gasteiger partial charge in [0.2, 0.25) is 11.6 Å². The molecule has 7 nitrogen and oxygen atoms in total. The van der Waals surface area contributed by atoms with Crippen LogP contribution in [0.4, 0.5) is 8.78 Å². The van der Waals surface area contributed by atoms with Crippen molar-refractivity contribution < 1.29 is 42.5 Å². The number of ether oxygens (including phenoxy) is 2. The number of ketones is 2. The third-order valence-electron chi connectivity index (χ3n) is 9.90. The van der Waals surface area contributed by atoms with Crippen molar-refractivity contribution >= 4 is 23.5 Å². The van der Waals surface area contributed by atoms with Crippen molar-refractivity contribution in [2.24, 2.45) is 28.6 Å². The molecule has 4 aliphatic carbocycles. The van der Waals surface area contributed by atoms with E-state index >= 15 is 4.39 Å². The number of halogens is 2. The number of Topliss-reactive ketones (excluding diaryl/α,β-unsaturated/α-hetero) is 1. The van der Waals surface area contributed by atoms with Crippen LogP contribution in [0.25, 0.3) is 0 Å². The highest BCUT2D eigenvalue weighted by atomic mass is 19.1. The average Bonchev–Trinajstić information content (AvgIpc) is 3.07. The van der Waals surface area contributed by atoms with Gasteiger partial charge in [-0.3, -0.25) is 19.2 Å². The molecule has 0 heterocycles. The molecular weight excluding hydrogens is 486 g/mol. The molecule has 0 aromatic carbocycles. The Hall–Kier alpha value is -2.42. The number of allylic oxidation sites excluding steroid dienone is 4. The Morgan fingerprint density at radius 2 is 1.78 bits per heavy atom. The van der Waals surface area contributed by atoms with Gasteiger partial charge < -0.3 is 14.6 Å². The second-order valence-corrected chi connectivity index (χ2v) is 11.5. The first-order valence-corrected chi connectivity index (χ1v) is 13.1. The fourth-order valence-electron chi connectivity index (χ4n) is 8.08. The van der Waals surface area contributed by atoms with Gasteiger partial charge in [0.1, 0.15) is 0 Å². The average molecular weight is 523 g/mol. The monoisotopic (exact) mass is 522 g/mol. The summed E-state index contributed by atoms with van der Waals surface area (Å²) in [7, 11) is 0. The van der Waals surface area contributed by atoms with Gasteiger partial charge in [-0.15, -0.1) is 0 Å². The molecule has 4 rings (SSSR count). The van der Waals surface area contributed by atoms with Crippen molar-refractivity contribution in [3.05, 3.63) is 23.6 Å². The molecule has 1 N–H and O–H groups in total. The van der Waals surface area contributed by atoms with E-state index in [0.717, 1.165) is 6.08 Å². The summed E-state index contributed by atoms with van der Waals surface area (Å²) in [6, 6.07) is 0. The van der Waals surface area contributed by atoms with E-state index in [4.69, 9.17) is 9.47 Å².